The zero-order valence-electron chi connectivity index (χ0n) is 18.2. The van der Waals surface area contributed by atoms with Crippen LogP contribution in [0.15, 0.2) is 60.7 Å². The van der Waals surface area contributed by atoms with Gasteiger partial charge in [-0.3, -0.25) is 4.57 Å². The molecule has 0 amide bonds. The molecule has 0 saturated heterocycles. The number of aliphatic carboxylic acids is 1. The molecule has 4 aromatic rings. The summed E-state index contributed by atoms with van der Waals surface area (Å²) in [5, 5.41) is 19.5. The van der Waals surface area contributed by atoms with Crippen molar-refractivity contribution in [2.45, 2.75) is 13.5 Å². The quantitative estimate of drug-likeness (QED) is 0.424. The summed E-state index contributed by atoms with van der Waals surface area (Å²) in [5.74, 6) is -1.17. The molecule has 3 aromatic carbocycles. The highest BCUT2D eigenvalue weighted by atomic mass is 16.5. The molecule has 1 aliphatic heterocycles. The first kappa shape index (κ1) is 21.3. The number of fused-ring (bicyclic) bond motifs is 3. The van der Waals surface area contributed by atoms with Crippen molar-refractivity contribution in [3.63, 3.8) is 0 Å². The highest BCUT2D eigenvalue weighted by molar-refractivity contribution is 6.22. The number of hydrogen-bond acceptors (Lipinski definition) is 5. The summed E-state index contributed by atoms with van der Waals surface area (Å²) in [6.07, 6.45) is 1.60. The predicted molar refractivity (Wildman–Crippen MR) is 125 cm³/mol. The number of rotatable bonds is 6. The number of para-hydroxylation sites is 2. The van der Waals surface area contributed by atoms with E-state index in [1.807, 2.05) is 19.1 Å². The van der Waals surface area contributed by atoms with Crippen LogP contribution in [0, 0.1) is 0 Å². The molecule has 8 nitrogen and oxygen atoms in total. The molecule has 1 aromatic heterocycles. The molecule has 0 radical (unpaired) electrons. The molecule has 0 unspecified atom stereocenters. The minimum atomic E-state index is -1.06. The number of aromatic nitrogens is 2. The number of aromatic carboxylic acids is 1. The molecular formula is C26H20N2O6. The maximum absolute atomic E-state index is 12.0. The second kappa shape index (κ2) is 8.40. The van der Waals surface area contributed by atoms with Crippen molar-refractivity contribution in [3.8, 4) is 17.5 Å². The third-order valence-electron chi connectivity index (χ3n) is 5.58. The average Bonchev–Trinajstić information content (AvgIpc) is 3.06. The Morgan fingerprint density at radius 2 is 1.82 bits per heavy atom. The molecule has 0 saturated carbocycles. The third kappa shape index (κ3) is 3.65. The van der Waals surface area contributed by atoms with E-state index in [1.54, 1.807) is 53.1 Å². The lowest BCUT2D eigenvalue weighted by atomic mass is 10.0. The third-order valence-corrected chi connectivity index (χ3v) is 5.58. The first-order chi connectivity index (χ1) is 16.5. The van der Waals surface area contributed by atoms with Crippen LogP contribution in [0.3, 0.4) is 0 Å². The summed E-state index contributed by atoms with van der Waals surface area (Å²) in [6.45, 7) is 2.44. The Morgan fingerprint density at radius 1 is 1.00 bits per heavy atom. The van der Waals surface area contributed by atoms with Crippen LogP contribution in [0.2, 0.25) is 0 Å². The van der Waals surface area contributed by atoms with Crippen molar-refractivity contribution in [2.75, 3.05) is 6.61 Å². The van der Waals surface area contributed by atoms with E-state index in [9.17, 15) is 19.8 Å². The number of carbonyl (C=O) groups is 2. The number of imidazole rings is 1. The lowest BCUT2D eigenvalue weighted by Gasteiger charge is -2.14. The summed E-state index contributed by atoms with van der Waals surface area (Å²) in [5.41, 5.74) is 3.10. The average molecular weight is 456 g/mol. The second-order valence-electron chi connectivity index (χ2n) is 7.73. The standard InChI is InChI=1S/C26H20N2O6/c1-2-33-26-27-20-8-5-7-18(24(29)30)23(20)28(26)14-15-10-11-17-19(25(31)32)13-16-6-3-4-9-21(16)34-22(17)12-15/h3-13H,2,14H2,1H3,(H,29,30)(H,31,32). The summed E-state index contributed by atoms with van der Waals surface area (Å²) in [7, 11) is 0. The summed E-state index contributed by atoms with van der Waals surface area (Å²) < 4.78 is 13.5. The van der Waals surface area contributed by atoms with Gasteiger partial charge >= 0.3 is 11.9 Å². The van der Waals surface area contributed by atoms with Crippen molar-refractivity contribution < 1.29 is 29.3 Å². The summed E-state index contributed by atoms with van der Waals surface area (Å²) >= 11 is 0. The van der Waals surface area contributed by atoms with Gasteiger partial charge in [-0.2, -0.15) is 4.98 Å². The number of hydrogen-bond donors (Lipinski definition) is 2. The fourth-order valence-electron chi connectivity index (χ4n) is 4.10. The van der Waals surface area contributed by atoms with Crippen LogP contribution in [-0.2, 0) is 11.3 Å². The first-order valence-electron chi connectivity index (χ1n) is 10.7. The van der Waals surface area contributed by atoms with Gasteiger partial charge < -0.3 is 19.7 Å². The predicted octanol–water partition coefficient (Wildman–Crippen LogP) is 4.91. The highest BCUT2D eigenvalue weighted by Gasteiger charge is 2.23. The molecular weight excluding hydrogens is 436 g/mol. The van der Waals surface area contributed by atoms with E-state index in [2.05, 4.69) is 4.98 Å². The molecule has 2 heterocycles. The van der Waals surface area contributed by atoms with E-state index < -0.39 is 11.9 Å². The van der Waals surface area contributed by atoms with Gasteiger partial charge in [-0.1, -0.05) is 36.4 Å². The Hall–Kier alpha value is -4.59. The Kier molecular flexibility index (Phi) is 5.25. The minimum Gasteiger partial charge on any atom is -0.478 e. The Bertz CT molecular complexity index is 1480. The van der Waals surface area contributed by atoms with Crippen molar-refractivity contribution in [1.29, 1.82) is 0 Å². The molecule has 0 bridgehead atoms. The van der Waals surface area contributed by atoms with Gasteiger partial charge in [-0.05, 0) is 42.8 Å². The van der Waals surface area contributed by atoms with Gasteiger partial charge in [0.05, 0.1) is 35.3 Å². The Labute approximate surface area is 194 Å². The first-order valence-corrected chi connectivity index (χ1v) is 10.7. The van der Waals surface area contributed by atoms with Gasteiger partial charge in [0.25, 0.3) is 6.01 Å². The van der Waals surface area contributed by atoms with E-state index >= 15 is 0 Å². The molecule has 0 aliphatic carbocycles. The lowest BCUT2D eigenvalue weighted by molar-refractivity contribution is -0.130. The molecule has 170 valence electrons. The van der Waals surface area contributed by atoms with Crippen LogP contribution in [0.25, 0.3) is 22.7 Å². The fraction of sp³-hybridized carbons (Fsp3) is 0.115. The van der Waals surface area contributed by atoms with Crippen LogP contribution in [0.1, 0.15) is 34.0 Å². The molecule has 0 fully saturated rings. The molecule has 1 aliphatic rings. The van der Waals surface area contributed by atoms with Gasteiger partial charge in [-0.15, -0.1) is 0 Å². The van der Waals surface area contributed by atoms with E-state index in [-0.39, 0.29) is 17.7 Å². The largest absolute Gasteiger partial charge is 0.478 e. The number of ether oxygens (including phenoxy) is 2. The van der Waals surface area contributed by atoms with Crippen LogP contribution in [-0.4, -0.2) is 38.3 Å². The zero-order valence-corrected chi connectivity index (χ0v) is 18.2. The number of carboxylic acids is 2. The maximum Gasteiger partial charge on any atom is 0.337 e. The van der Waals surface area contributed by atoms with E-state index in [4.69, 9.17) is 9.47 Å². The molecule has 34 heavy (non-hydrogen) atoms. The van der Waals surface area contributed by atoms with Gasteiger partial charge in [-0.25, -0.2) is 9.59 Å². The molecule has 0 atom stereocenters. The van der Waals surface area contributed by atoms with Crippen LogP contribution in [0.4, 0.5) is 0 Å². The van der Waals surface area contributed by atoms with Gasteiger partial charge in [0, 0.05) is 11.1 Å². The smallest absolute Gasteiger partial charge is 0.337 e. The number of nitrogens with zero attached hydrogens (tertiary/aromatic N) is 2. The number of carboxylic acid groups (broad SMARTS) is 2. The minimum absolute atomic E-state index is 0.118. The van der Waals surface area contributed by atoms with Crippen molar-refractivity contribution in [2.24, 2.45) is 0 Å². The second-order valence-corrected chi connectivity index (χ2v) is 7.73. The van der Waals surface area contributed by atoms with Crippen LogP contribution < -0.4 is 9.47 Å². The Balaban J connectivity index is 1.63. The van der Waals surface area contributed by atoms with Gasteiger partial charge in [0.1, 0.15) is 11.5 Å². The summed E-state index contributed by atoms with van der Waals surface area (Å²) in [4.78, 5) is 28.3. The normalized spacial score (nSPS) is 12.2. The zero-order chi connectivity index (χ0) is 23.8. The molecule has 8 heteroatoms. The number of benzene rings is 3. The van der Waals surface area contributed by atoms with Gasteiger partial charge in [0.15, 0.2) is 0 Å². The fourth-order valence-corrected chi connectivity index (χ4v) is 4.10. The van der Waals surface area contributed by atoms with E-state index in [0.29, 0.717) is 46.3 Å². The maximum atomic E-state index is 12.0. The van der Waals surface area contributed by atoms with E-state index in [0.717, 1.165) is 5.56 Å². The Morgan fingerprint density at radius 3 is 2.59 bits per heavy atom. The molecule has 2 N–H and O–H groups in total. The van der Waals surface area contributed by atoms with Crippen molar-refractivity contribution in [1.82, 2.24) is 9.55 Å². The highest BCUT2D eigenvalue weighted by Crippen LogP contribution is 2.39. The van der Waals surface area contributed by atoms with E-state index in [1.165, 1.54) is 6.07 Å². The monoisotopic (exact) mass is 456 g/mol. The summed E-state index contributed by atoms with van der Waals surface area (Å²) in [6, 6.07) is 17.7. The van der Waals surface area contributed by atoms with Crippen LogP contribution in [0.5, 0.6) is 17.5 Å². The topological polar surface area (TPSA) is 111 Å². The lowest BCUT2D eigenvalue weighted by Crippen LogP contribution is -2.08. The molecule has 0 spiro atoms. The SMILES string of the molecule is CCOc1nc2cccc(C(=O)O)c2n1Cc1ccc2c(c1)Oc1ccccc1C=C2C(=O)O. The van der Waals surface area contributed by atoms with Crippen molar-refractivity contribution in [3.05, 3.63) is 82.9 Å². The van der Waals surface area contributed by atoms with Crippen LogP contribution >= 0.6 is 0 Å². The van der Waals surface area contributed by atoms with Crippen molar-refractivity contribution >= 4 is 34.6 Å². The molecule has 5 rings (SSSR count). The van der Waals surface area contributed by atoms with Gasteiger partial charge in [0.2, 0.25) is 0 Å².